The van der Waals surface area contributed by atoms with Crippen molar-refractivity contribution in [2.45, 2.75) is 102 Å². The van der Waals surface area contributed by atoms with Gasteiger partial charge in [-0.25, -0.2) is 9.18 Å². The molecule has 1 aliphatic rings. The van der Waals surface area contributed by atoms with E-state index in [1.54, 1.807) is 18.2 Å². The molecule has 12 nitrogen and oxygen atoms in total. The first-order valence-electron chi connectivity index (χ1n) is 14.2. The largest absolute Gasteiger partial charge is 0.481 e. The van der Waals surface area contributed by atoms with Gasteiger partial charge in [-0.3, -0.25) is 9.78 Å². The summed E-state index contributed by atoms with van der Waals surface area (Å²) in [5, 5.41) is 69.7. The first-order valence-corrected chi connectivity index (χ1v) is 14.2. The lowest BCUT2D eigenvalue weighted by atomic mass is 9.87. The zero-order valence-corrected chi connectivity index (χ0v) is 24.9. The number of aliphatic carboxylic acids is 2. The Morgan fingerprint density at radius 2 is 1.59 bits per heavy atom. The number of hydrogen-bond donors (Lipinski definition) is 7. The van der Waals surface area contributed by atoms with Crippen LogP contribution in [-0.2, 0) is 25.7 Å². The van der Waals surface area contributed by atoms with Gasteiger partial charge in [0.15, 0.2) is 12.4 Å². The normalized spacial score (nSPS) is 23.8. The van der Waals surface area contributed by atoms with Gasteiger partial charge in [-0.1, -0.05) is 52.0 Å². The molecule has 44 heavy (non-hydrogen) atoms. The van der Waals surface area contributed by atoms with Gasteiger partial charge in [0.2, 0.25) is 0 Å². The van der Waals surface area contributed by atoms with Crippen LogP contribution >= 0.6 is 0 Å². The van der Waals surface area contributed by atoms with E-state index >= 15 is 0 Å². The molecule has 2 heterocycles. The van der Waals surface area contributed by atoms with Crippen LogP contribution in [0.15, 0.2) is 30.3 Å². The van der Waals surface area contributed by atoms with E-state index in [2.05, 4.69) is 0 Å². The fourth-order valence-corrected chi connectivity index (χ4v) is 5.06. The quantitative estimate of drug-likeness (QED) is 0.172. The first-order chi connectivity index (χ1) is 20.6. The molecule has 0 aliphatic carbocycles. The summed E-state index contributed by atoms with van der Waals surface area (Å²) in [4.78, 5) is 27.4. The van der Waals surface area contributed by atoms with Crippen molar-refractivity contribution < 1.29 is 59.2 Å². The number of carboxylic acids is 2. The third kappa shape index (κ3) is 8.45. The minimum absolute atomic E-state index is 0.146. The van der Waals surface area contributed by atoms with Gasteiger partial charge in [-0.05, 0) is 35.1 Å². The maximum Gasteiger partial charge on any atom is 0.335 e. The van der Waals surface area contributed by atoms with Crippen molar-refractivity contribution in [2.75, 3.05) is 0 Å². The Morgan fingerprint density at radius 3 is 2.14 bits per heavy atom. The van der Waals surface area contributed by atoms with Crippen LogP contribution < -0.4 is 0 Å². The minimum atomic E-state index is -1.90. The highest BCUT2D eigenvalue weighted by atomic mass is 19.1. The second-order valence-electron chi connectivity index (χ2n) is 11.4. The fourth-order valence-electron chi connectivity index (χ4n) is 5.06. The molecule has 1 aromatic carbocycles. The number of benzene rings is 1. The van der Waals surface area contributed by atoms with Gasteiger partial charge in [0, 0.05) is 23.2 Å². The topological polar surface area (TPSA) is 207 Å². The predicted molar refractivity (Wildman–Crippen MR) is 155 cm³/mol. The molecule has 3 rings (SSSR count). The van der Waals surface area contributed by atoms with Crippen molar-refractivity contribution >= 4 is 18.0 Å². The van der Waals surface area contributed by atoms with Crippen LogP contribution in [0.3, 0.4) is 0 Å². The van der Waals surface area contributed by atoms with Gasteiger partial charge in [0.05, 0.1) is 30.9 Å². The summed E-state index contributed by atoms with van der Waals surface area (Å²) in [6.07, 6.45) is -9.37. The lowest BCUT2D eigenvalue weighted by Gasteiger charge is -2.38. The van der Waals surface area contributed by atoms with Crippen molar-refractivity contribution in [3.63, 3.8) is 0 Å². The Kier molecular flexibility index (Phi) is 12.1. The Hall–Kier alpha value is -3.30. The highest BCUT2D eigenvalue weighted by Crippen LogP contribution is 2.38. The van der Waals surface area contributed by atoms with Gasteiger partial charge in [-0.2, -0.15) is 0 Å². The van der Waals surface area contributed by atoms with Crippen LogP contribution in [0.25, 0.3) is 17.2 Å². The Morgan fingerprint density at radius 1 is 0.977 bits per heavy atom. The maximum atomic E-state index is 14.0. The molecular formula is C31H40FNO11. The molecule has 2 aromatic rings. The lowest BCUT2D eigenvalue weighted by molar-refractivity contribution is -0.297. The molecule has 0 spiro atoms. The van der Waals surface area contributed by atoms with Crippen LogP contribution in [0.1, 0.15) is 74.9 Å². The van der Waals surface area contributed by atoms with Crippen LogP contribution in [0.5, 0.6) is 0 Å². The predicted octanol–water partition coefficient (Wildman–Crippen LogP) is 2.14. The lowest BCUT2D eigenvalue weighted by Crippen LogP contribution is -2.60. The Labute approximate surface area is 254 Å². The van der Waals surface area contributed by atoms with Crippen molar-refractivity contribution in [2.24, 2.45) is 0 Å². The van der Waals surface area contributed by atoms with E-state index in [0.717, 1.165) is 0 Å². The molecule has 7 atom stereocenters. The van der Waals surface area contributed by atoms with E-state index < -0.39 is 67.1 Å². The third-order valence-electron chi connectivity index (χ3n) is 7.24. The van der Waals surface area contributed by atoms with E-state index in [1.165, 1.54) is 18.2 Å². The van der Waals surface area contributed by atoms with Crippen LogP contribution in [0.2, 0.25) is 0 Å². The number of hydrogen-bond acceptors (Lipinski definition) is 10. The van der Waals surface area contributed by atoms with Crippen molar-refractivity contribution in [1.82, 2.24) is 4.98 Å². The summed E-state index contributed by atoms with van der Waals surface area (Å²) >= 11 is 0. The van der Waals surface area contributed by atoms with E-state index in [1.807, 2.05) is 27.7 Å². The van der Waals surface area contributed by atoms with E-state index in [0.29, 0.717) is 33.6 Å². The summed E-state index contributed by atoms with van der Waals surface area (Å²) < 4.78 is 25.1. The van der Waals surface area contributed by atoms with Crippen molar-refractivity contribution in [3.8, 4) is 11.1 Å². The van der Waals surface area contributed by atoms with Crippen LogP contribution in [0.4, 0.5) is 4.39 Å². The second kappa shape index (κ2) is 15.1. The number of aliphatic hydroxyl groups excluding tert-OH is 5. The molecule has 0 amide bonds. The molecular weight excluding hydrogens is 581 g/mol. The van der Waals surface area contributed by atoms with Crippen molar-refractivity contribution in [1.29, 1.82) is 0 Å². The van der Waals surface area contributed by atoms with Crippen LogP contribution in [0, 0.1) is 5.82 Å². The van der Waals surface area contributed by atoms with E-state index in [4.69, 9.17) is 19.6 Å². The molecule has 1 saturated heterocycles. The van der Waals surface area contributed by atoms with Gasteiger partial charge in [-0.15, -0.1) is 0 Å². The average Bonchev–Trinajstić information content (AvgIpc) is 2.93. The monoisotopic (exact) mass is 621 g/mol. The van der Waals surface area contributed by atoms with Crippen molar-refractivity contribution in [3.05, 3.63) is 58.7 Å². The van der Waals surface area contributed by atoms with Gasteiger partial charge >= 0.3 is 11.9 Å². The number of halogens is 1. The summed E-state index contributed by atoms with van der Waals surface area (Å²) in [5.41, 5.74) is 3.25. The average molecular weight is 622 g/mol. The summed E-state index contributed by atoms with van der Waals surface area (Å²) in [7, 11) is 0. The second-order valence-corrected chi connectivity index (χ2v) is 11.4. The molecule has 0 unspecified atom stereocenters. The highest BCUT2D eigenvalue weighted by Gasteiger charge is 2.47. The SMILES string of the molecule is CC(C)c1nc(C(C)C)c(CO[C@@H]2O[C@@H](C(=O)O)[C@@H](O)[C@H](O)[C@@H]2O)c(-c2ccc(F)cc2)c1/C=C/[C@@H](O)C[C@@H](O)CC(=O)O. The van der Waals surface area contributed by atoms with Gasteiger partial charge in [0.25, 0.3) is 0 Å². The van der Waals surface area contributed by atoms with Gasteiger partial charge < -0.3 is 45.2 Å². The number of aromatic nitrogens is 1. The van der Waals surface area contributed by atoms with Gasteiger partial charge in [0.1, 0.15) is 24.1 Å². The van der Waals surface area contributed by atoms with Crippen LogP contribution in [-0.4, -0.2) is 95.6 Å². The molecule has 13 heteroatoms. The molecule has 7 N–H and O–H groups in total. The standard InChI is InChI=1S/C31H40FNO11/c1-14(2)24-20(10-9-18(34)11-19(35)12-22(36)37)23(16-5-7-17(32)8-6-16)21(25(33-24)15(3)4)13-43-31-28(40)26(38)27(39)29(44-31)30(41)42/h5-10,14-15,18-19,26-29,31,34-35,38-40H,11-13H2,1-4H3,(H,36,37)(H,41,42)/b10-9+/t18-,19-,26+,27+,28+,29-,31-/m1/s1. The minimum Gasteiger partial charge on any atom is -0.481 e. The van der Waals surface area contributed by atoms with E-state index in [9.17, 15) is 44.6 Å². The Bertz CT molecular complexity index is 1330. The number of carboxylic acid groups (broad SMARTS) is 2. The molecule has 0 bridgehead atoms. The molecule has 0 radical (unpaired) electrons. The highest BCUT2D eigenvalue weighted by molar-refractivity contribution is 5.80. The van der Waals surface area contributed by atoms with E-state index in [-0.39, 0.29) is 24.9 Å². The third-order valence-corrected chi connectivity index (χ3v) is 7.24. The maximum absolute atomic E-state index is 14.0. The molecule has 1 aliphatic heterocycles. The summed E-state index contributed by atoms with van der Waals surface area (Å²) in [6.45, 7) is 7.28. The zero-order valence-electron chi connectivity index (χ0n) is 24.9. The number of carbonyl (C=O) groups is 2. The summed E-state index contributed by atoms with van der Waals surface area (Å²) in [5.74, 6) is -3.59. The Balaban J connectivity index is 2.16. The summed E-state index contributed by atoms with van der Waals surface area (Å²) in [6, 6.07) is 5.61. The number of nitrogens with zero attached hydrogens (tertiary/aromatic N) is 1. The number of rotatable bonds is 13. The molecule has 1 fully saturated rings. The fraction of sp³-hybridized carbons (Fsp3) is 0.516. The molecule has 1 aromatic heterocycles. The number of ether oxygens (including phenoxy) is 2. The number of pyridine rings is 1. The molecule has 242 valence electrons. The number of aliphatic hydroxyl groups is 5. The smallest absolute Gasteiger partial charge is 0.335 e. The zero-order chi connectivity index (χ0) is 32.9. The molecule has 0 saturated carbocycles. The first kappa shape index (κ1) is 35.2.